The lowest BCUT2D eigenvalue weighted by molar-refractivity contribution is 0.0243. The molecule has 1 spiro atoms. The largest absolute Gasteiger partial charge is 0.381 e. The summed E-state index contributed by atoms with van der Waals surface area (Å²) in [5, 5.41) is 10.3. The summed E-state index contributed by atoms with van der Waals surface area (Å²) >= 11 is 1.57. The highest BCUT2D eigenvalue weighted by Gasteiger charge is 2.48. The minimum Gasteiger partial charge on any atom is -0.381 e. The van der Waals surface area contributed by atoms with Crippen molar-refractivity contribution >= 4 is 21.4 Å². The van der Waals surface area contributed by atoms with E-state index in [1.54, 1.807) is 15.6 Å². The van der Waals surface area contributed by atoms with Crippen molar-refractivity contribution in [1.82, 2.24) is 14.5 Å². The van der Waals surface area contributed by atoms with Crippen LogP contribution in [0.2, 0.25) is 0 Å². The van der Waals surface area contributed by atoms with Crippen molar-refractivity contribution in [3.8, 4) is 0 Å². The van der Waals surface area contributed by atoms with Gasteiger partial charge in [-0.2, -0.15) is 4.31 Å². The summed E-state index contributed by atoms with van der Waals surface area (Å²) in [6.07, 6.45) is 4.07. The van der Waals surface area contributed by atoms with Crippen LogP contribution in [-0.2, 0) is 21.3 Å². The van der Waals surface area contributed by atoms with Crippen molar-refractivity contribution in [2.45, 2.75) is 38.1 Å². The maximum absolute atomic E-state index is 12.4. The van der Waals surface area contributed by atoms with Gasteiger partial charge in [-0.25, -0.2) is 8.42 Å². The second-order valence-corrected chi connectivity index (χ2v) is 9.51. The van der Waals surface area contributed by atoms with Gasteiger partial charge in [0.05, 0.1) is 12.3 Å². The van der Waals surface area contributed by atoms with Gasteiger partial charge in [-0.3, -0.25) is 0 Å². The quantitative estimate of drug-likeness (QED) is 0.837. The average molecular weight is 329 g/mol. The standard InChI is InChI=1S/C13H19N3O3S2/c17-21(18)9-13(3-5-19-6-4-13)8-16(21)7-11-14-15-12(20-11)10-1-2-10/h10H,1-9H2. The summed E-state index contributed by atoms with van der Waals surface area (Å²) in [7, 11) is -3.17. The first-order valence-electron chi connectivity index (χ1n) is 7.44. The molecule has 2 aliphatic heterocycles. The van der Waals surface area contributed by atoms with Crippen molar-refractivity contribution in [2.24, 2.45) is 5.41 Å². The SMILES string of the molecule is O=S1(=O)CC2(CCOCC2)CN1Cc1nnc(C2CC2)s1. The van der Waals surface area contributed by atoms with Crippen LogP contribution in [0, 0.1) is 5.41 Å². The molecule has 0 bridgehead atoms. The van der Waals surface area contributed by atoms with Crippen LogP contribution in [0.3, 0.4) is 0 Å². The van der Waals surface area contributed by atoms with Gasteiger partial charge in [0.2, 0.25) is 10.0 Å². The molecule has 4 rings (SSSR count). The van der Waals surface area contributed by atoms with E-state index in [0.29, 0.717) is 32.2 Å². The third kappa shape index (κ3) is 2.74. The van der Waals surface area contributed by atoms with Crippen LogP contribution in [0.15, 0.2) is 0 Å². The molecule has 21 heavy (non-hydrogen) atoms. The van der Waals surface area contributed by atoms with Crippen molar-refractivity contribution in [1.29, 1.82) is 0 Å². The predicted molar refractivity (Wildman–Crippen MR) is 78.6 cm³/mol. The van der Waals surface area contributed by atoms with Gasteiger partial charge in [0.15, 0.2) is 0 Å². The van der Waals surface area contributed by atoms with Crippen molar-refractivity contribution in [3.63, 3.8) is 0 Å². The van der Waals surface area contributed by atoms with Gasteiger partial charge in [0.1, 0.15) is 10.0 Å². The van der Waals surface area contributed by atoms with Gasteiger partial charge in [-0.1, -0.05) is 11.3 Å². The third-order valence-corrected chi connectivity index (χ3v) is 7.76. The fraction of sp³-hybridized carbons (Fsp3) is 0.846. The van der Waals surface area contributed by atoms with E-state index in [1.807, 2.05) is 0 Å². The molecular formula is C13H19N3O3S2. The molecular weight excluding hydrogens is 310 g/mol. The topological polar surface area (TPSA) is 72.4 Å². The Bertz CT molecular complexity index is 633. The van der Waals surface area contributed by atoms with Crippen molar-refractivity contribution < 1.29 is 13.2 Å². The van der Waals surface area contributed by atoms with Gasteiger partial charge in [-0.15, -0.1) is 10.2 Å². The van der Waals surface area contributed by atoms with Crippen LogP contribution in [0.5, 0.6) is 0 Å². The summed E-state index contributed by atoms with van der Waals surface area (Å²) in [6, 6.07) is 0. The van der Waals surface area contributed by atoms with Gasteiger partial charge in [-0.05, 0) is 25.7 Å². The normalized spacial score (nSPS) is 28.2. The molecule has 0 radical (unpaired) electrons. The highest BCUT2D eigenvalue weighted by atomic mass is 32.2. The molecule has 1 aromatic rings. The van der Waals surface area contributed by atoms with Gasteiger partial charge in [0, 0.05) is 31.1 Å². The third-order valence-electron chi connectivity index (χ3n) is 4.67. The Hall–Kier alpha value is -0.570. The highest BCUT2D eigenvalue weighted by molar-refractivity contribution is 7.89. The monoisotopic (exact) mass is 329 g/mol. The molecule has 0 amide bonds. The Balaban J connectivity index is 1.50. The van der Waals surface area contributed by atoms with E-state index in [1.165, 1.54) is 12.8 Å². The molecule has 1 saturated carbocycles. The number of ether oxygens (including phenoxy) is 1. The summed E-state index contributed by atoms with van der Waals surface area (Å²) < 4.78 is 31.9. The summed E-state index contributed by atoms with van der Waals surface area (Å²) in [4.78, 5) is 0. The minimum atomic E-state index is -3.17. The smallest absolute Gasteiger partial charge is 0.215 e. The van der Waals surface area contributed by atoms with Crippen LogP contribution in [0.1, 0.15) is 41.6 Å². The summed E-state index contributed by atoms with van der Waals surface area (Å²) in [5.74, 6) is 0.839. The lowest BCUT2D eigenvalue weighted by Gasteiger charge is -2.31. The molecule has 3 heterocycles. The van der Waals surface area contributed by atoms with Crippen LogP contribution in [-0.4, -0.2) is 48.4 Å². The highest BCUT2D eigenvalue weighted by Crippen LogP contribution is 2.43. The lowest BCUT2D eigenvalue weighted by atomic mass is 9.82. The Morgan fingerprint density at radius 2 is 2.05 bits per heavy atom. The van der Waals surface area contributed by atoms with E-state index >= 15 is 0 Å². The zero-order chi connectivity index (χ0) is 14.5. The minimum absolute atomic E-state index is 0.110. The lowest BCUT2D eigenvalue weighted by Crippen LogP contribution is -2.34. The van der Waals surface area contributed by atoms with E-state index in [0.717, 1.165) is 22.9 Å². The molecule has 2 saturated heterocycles. The molecule has 116 valence electrons. The Morgan fingerprint density at radius 1 is 1.29 bits per heavy atom. The van der Waals surface area contributed by atoms with Crippen molar-refractivity contribution in [3.05, 3.63) is 10.0 Å². The predicted octanol–water partition coefficient (Wildman–Crippen LogP) is 1.36. The van der Waals surface area contributed by atoms with E-state index < -0.39 is 10.0 Å². The molecule has 3 fully saturated rings. The number of nitrogens with zero attached hydrogens (tertiary/aromatic N) is 3. The Kier molecular flexibility index (Phi) is 3.33. The number of rotatable bonds is 3. The summed E-state index contributed by atoms with van der Waals surface area (Å²) in [6.45, 7) is 2.34. The van der Waals surface area contributed by atoms with Crippen LogP contribution in [0.25, 0.3) is 0 Å². The van der Waals surface area contributed by atoms with Crippen molar-refractivity contribution in [2.75, 3.05) is 25.5 Å². The fourth-order valence-electron chi connectivity index (χ4n) is 3.23. The van der Waals surface area contributed by atoms with E-state index in [4.69, 9.17) is 4.74 Å². The molecule has 0 N–H and O–H groups in total. The average Bonchev–Trinajstić information content (AvgIpc) is 3.13. The molecule has 3 aliphatic rings. The first kappa shape index (κ1) is 14.0. The number of hydrogen-bond donors (Lipinski definition) is 0. The maximum atomic E-state index is 12.4. The van der Waals surface area contributed by atoms with Gasteiger partial charge in [0.25, 0.3) is 0 Å². The zero-order valence-corrected chi connectivity index (χ0v) is 13.5. The number of sulfonamides is 1. The Labute approximate surface area is 128 Å². The maximum Gasteiger partial charge on any atom is 0.215 e. The van der Waals surface area contributed by atoms with Gasteiger partial charge >= 0.3 is 0 Å². The number of hydrogen-bond acceptors (Lipinski definition) is 6. The van der Waals surface area contributed by atoms with Crippen LogP contribution in [0.4, 0.5) is 0 Å². The zero-order valence-electron chi connectivity index (χ0n) is 11.8. The fourth-order valence-corrected chi connectivity index (χ4v) is 6.47. The second-order valence-electron chi connectivity index (χ2n) is 6.44. The Morgan fingerprint density at radius 3 is 2.76 bits per heavy atom. The van der Waals surface area contributed by atoms with E-state index in [-0.39, 0.29) is 11.2 Å². The molecule has 0 unspecified atom stereocenters. The molecule has 1 aliphatic carbocycles. The van der Waals surface area contributed by atoms with Crippen LogP contribution >= 0.6 is 11.3 Å². The second kappa shape index (κ2) is 4.97. The molecule has 1 aromatic heterocycles. The molecule has 8 heteroatoms. The van der Waals surface area contributed by atoms with Gasteiger partial charge < -0.3 is 4.74 Å². The summed E-state index contributed by atoms with van der Waals surface area (Å²) in [5.41, 5.74) is -0.110. The first-order chi connectivity index (χ1) is 10.1. The molecule has 6 nitrogen and oxygen atoms in total. The molecule has 0 atom stereocenters. The van der Waals surface area contributed by atoms with Crippen LogP contribution < -0.4 is 0 Å². The molecule has 0 aromatic carbocycles. The van der Waals surface area contributed by atoms with E-state index in [2.05, 4.69) is 10.2 Å². The van der Waals surface area contributed by atoms with E-state index in [9.17, 15) is 8.42 Å². The number of aromatic nitrogens is 2. The first-order valence-corrected chi connectivity index (χ1v) is 9.87.